The van der Waals surface area contributed by atoms with Crippen molar-refractivity contribution >= 4 is 47.0 Å². The maximum Gasteiger partial charge on any atom is 0.220 e. The molecule has 0 aromatic heterocycles. The fourth-order valence-corrected chi connectivity index (χ4v) is 3.34. The number of nitrogens with zero attached hydrogens (tertiary/aromatic N) is 1. The molecule has 0 N–H and O–H groups in total. The van der Waals surface area contributed by atoms with Crippen molar-refractivity contribution in [2.24, 2.45) is 0 Å². The summed E-state index contributed by atoms with van der Waals surface area (Å²) in [5.41, 5.74) is 0.460. The zero-order valence-corrected chi connectivity index (χ0v) is 16.3. The fraction of sp³-hybridized carbons (Fsp3) is 0.143. The van der Waals surface area contributed by atoms with Crippen molar-refractivity contribution in [2.45, 2.75) is 6.92 Å². The minimum atomic E-state index is -0.588. The number of hydrogen-bond acceptors (Lipinski definition) is 2. The summed E-state index contributed by atoms with van der Waals surface area (Å²) < 4.78 is 28.3. The van der Waals surface area contributed by atoms with Gasteiger partial charge in [-0.1, -0.05) is 35.3 Å². The van der Waals surface area contributed by atoms with E-state index < -0.39 is 17.4 Å². The molecule has 1 aliphatic rings. The Bertz CT molecular complexity index is 917. The molecule has 0 aliphatic carbocycles. The Hall–Kier alpha value is -2.50. The zero-order valence-electron chi connectivity index (χ0n) is 14.8. The zero-order chi connectivity index (χ0) is 20.4. The SMILES string of the molecule is CC(=O)N1C/C(=C\c2c(F)cccc2Cl)C(=O)/C(=C/c2c(F)cccc2Cl)C1. The van der Waals surface area contributed by atoms with Gasteiger partial charge in [-0.15, -0.1) is 0 Å². The molecule has 28 heavy (non-hydrogen) atoms. The highest BCUT2D eigenvalue weighted by atomic mass is 35.5. The Morgan fingerprint density at radius 2 is 1.36 bits per heavy atom. The summed E-state index contributed by atoms with van der Waals surface area (Å²) in [6.45, 7) is 1.36. The molecular formula is C21H15Cl2F2NO2. The second-order valence-corrected chi connectivity index (χ2v) is 7.13. The molecule has 0 radical (unpaired) electrons. The maximum absolute atomic E-state index is 14.1. The summed E-state index contributed by atoms with van der Waals surface area (Å²) in [7, 11) is 0. The van der Waals surface area contributed by atoms with Gasteiger partial charge in [0.2, 0.25) is 5.91 Å². The molecule has 3 nitrogen and oxygen atoms in total. The van der Waals surface area contributed by atoms with E-state index in [0.717, 1.165) is 0 Å². The predicted molar refractivity (Wildman–Crippen MR) is 106 cm³/mol. The van der Waals surface area contributed by atoms with Crippen LogP contribution in [0.4, 0.5) is 8.78 Å². The first kappa shape index (κ1) is 20.2. The lowest BCUT2D eigenvalue weighted by Crippen LogP contribution is -2.40. The van der Waals surface area contributed by atoms with Gasteiger partial charge in [0.25, 0.3) is 0 Å². The van der Waals surface area contributed by atoms with Gasteiger partial charge in [0.05, 0.1) is 10.0 Å². The van der Waals surface area contributed by atoms with E-state index in [1.54, 1.807) is 0 Å². The van der Waals surface area contributed by atoms with Crippen LogP contribution in [0.25, 0.3) is 12.2 Å². The first-order chi connectivity index (χ1) is 13.3. The monoisotopic (exact) mass is 421 g/mol. The molecule has 0 atom stereocenters. The minimum Gasteiger partial charge on any atom is -0.334 e. The Morgan fingerprint density at radius 3 is 1.71 bits per heavy atom. The van der Waals surface area contributed by atoms with Crippen LogP contribution in [0.2, 0.25) is 10.0 Å². The van der Waals surface area contributed by atoms with Crippen molar-refractivity contribution in [2.75, 3.05) is 13.1 Å². The molecule has 2 aromatic rings. The van der Waals surface area contributed by atoms with E-state index in [1.807, 2.05) is 0 Å². The van der Waals surface area contributed by atoms with Crippen molar-refractivity contribution in [3.8, 4) is 0 Å². The number of Topliss-reactive ketones (excluding diaryl/α,β-unsaturated/α-hetero) is 1. The van der Waals surface area contributed by atoms with Gasteiger partial charge in [-0.25, -0.2) is 8.78 Å². The van der Waals surface area contributed by atoms with E-state index >= 15 is 0 Å². The van der Waals surface area contributed by atoms with E-state index in [-0.39, 0.29) is 51.3 Å². The summed E-state index contributed by atoms with van der Waals surface area (Å²) >= 11 is 12.1. The Kier molecular flexibility index (Phi) is 5.96. The van der Waals surface area contributed by atoms with Crippen LogP contribution in [-0.2, 0) is 9.59 Å². The summed E-state index contributed by atoms with van der Waals surface area (Å²) in [6, 6.07) is 8.37. The van der Waals surface area contributed by atoms with Gasteiger partial charge in [0.1, 0.15) is 11.6 Å². The number of hydrogen-bond donors (Lipinski definition) is 0. The van der Waals surface area contributed by atoms with Crippen molar-refractivity contribution in [3.63, 3.8) is 0 Å². The van der Waals surface area contributed by atoms with E-state index in [0.29, 0.717) is 0 Å². The summed E-state index contributed by atoms with van der Waals surface area (Å²) in [4.78, 5) is 26.3. The summed E-state index contributed by atoms with van der Waals surface area (Å²) in [6.07, 6.45) is 2.65. The quantitative estimate of drug-likeness (QED) is 0.627. The van der Waals surface area contributed by atoms with E-state index in [1.165, 1.54) is 60.4 Å². The van der Waals surface area contributed by atoms with Crippen molar-refractivity contribution in [1.82, 2.24) is 4.90 Å². The van der Waals surface area contributed by atoms with Crippen LogP contribution in [0.1, 0.15) is 18.1 Å². The molecule has 1 saturated heterocycles. The van der Waals surface area contributed by atoms with Gasteiger partial charge >= 0.3 is 0 Å². The van der Waals surface area contributed by atoms with Crippen LogP contribution in [0.15, 0.2) is 47.5 Å². The lowest BCUT2D eigenvalue weighted by molar-refractivity contribution is -0.129. The molecule has 0 bridgehead atoms. The highest BCUT2D eigenvalue weighted by molar-refractivity contribution is 6.33. The minimum absolute atomic E-state index is 0.00116. The smallest absolute Gasteiger partial charge is 0.220 e. The normalized spacial score (nSPS) is 17.5. The van der Waals surface area contributed by atoms with Crippen LogP contribution < -0.4 is 0 Å². The molecule has 144 valence electrons. The van der Waals surface area contributed by atoms with Crippen LogP contribution >= 0.6 is 23.2 Å². The Balaban J connectivity index is 2.10. The van der Waals surface area contributed by atoms with Crippen LogP contribution in [0.5, 0.6) is 0 Å². The van der Waals surface area contributed by atoms with E-state index in [2.05, 4.69) is 0 Å². The number of carbonyl (C=O) groups excluding carboxylic acids is 2. The fourth-order valence-electron chi connectivity index (χ4n) is 2.91. The van der Waals surface area contributed by atoms with Crippen molar-refractivity contribution in [3.05, 3.63) is 80.4 Å². The molecule has 1 heterocycles. The third-order valence-corrected chi connectivity index (χ3v) is 5.05. The van der Waals surface area contributed by atoms with E-state index in [4.69, 9.17) is 23.2 Å². The number of piperidine rings is 1. The van der Waals surface area contributed by atoms with Crippen molar-refractivity contribution < 1.29 is 18.4 Å². The number of ketones is 1. The Labute approximate surface area is 170 Å². The third-order valence-electron chi connectivity index (χ3n) is 4.39. The van der Waals surface area contributed by atoms with Gasteiger partial charge in [0.15, 0.2) is 5.78 Å². The molecule has 0 saturated carbocycles. The number of carbonyl (C=O) groups is 2. The molecule has 3 rings (SSSR count). The largest absolute Gasteiger partial charge is 0.334 e. The topological polar surface area (TPSA) is 37.4 Å². The Morgan fingerprint density at radius 1 is 0.929 bits per heavy atom. The van der Waals surface area contributed by atoms with Crippen LogP contribution in [0, 0.1) is 11.6 Å². The second kappa shape index (κ2) is 8.25. The van der Waals surface area contributed by atoms with Crippen LogP contribution in [0.3, 0.4) is 0 Å². The highest BCUT2D eigenvalue weighted by Gasteiger charge is 2.28. The first-order valence-electron chi connectivity index (χ1n) is 8.37. The average molecular weight is 422 g/mol. The molecule has 0 spiro atoms. The lowest BCUT2D eigenvalue weighted by atomic mass is 9.94. The van der Waals surface area contributed by atoms with Gasteiger partial charge < -0.3 is 4.90 Å². The standard InChI is InChI=1S/C21H15Cl2F2NO2/c1-12(27)26-10-13(8-15-17(22)4-2-6-19(15)24)21(28)14(11-26)9-16-18(23)5-3-7-20(16)25/h2-9H,10-11H2,1H3/b13-8+,14-9+. The molecule has 1 amide bonds. The molecule has 0 unspecified atom stereocenters. The van der Waals surface area contributed by atoms with Gasteiger partial charge in [-0.2, -0.15) is 0 Å². The third kappa shape index (κ3) is 4.16. The van der Waals surface area contributed by atoms with Gasteiger partial charge in [-0.05, 0) is 36.4 Å². The predicted octanol–water partition coefficient (Wildman–Crippen LogP) is 5.17. The first-order valence-corrected chi connectivity index (χ1v) is 9.13. The van der Waals surface area contributed by atoms with Crippen LogP contribution in [-0.4, -0.2) is 29.7 Å². The molecule has 2 aromatic carbocycles. The summed E-state index contributed by atoms with van der Waals surface area (Å²) in [5, 5.41) is 0.283. The number of likely N-dealkylation sites (tertiary alicyclic amines) is 1. The summed E-state index contributed by atoms with van der Waals surface area (Å²) in [5.74, 6) is -1.87. The van der Waals surface area contributed by atoms with Gasteiger partial charge in [-0.3, -0.25) is 9.59 Å². The van der Waals surface area contributed by atoms with Crippen molar-refractivity contribution in [1.29, 1.82) is 0 Å². The number of amides is 1. The highest BCUT2D eigenvalue weighted by Crippen LogP contribution is 2.28. The van der Waals surface area contributed by atoms with Gasteiger partial charge in [0, 0.05) is 42.3 Å². The number of benzene rings is 2. The lowest BCUT2D eigenvalue weighted by Gasteiger charge is -2.29. The molecular weight excluding hydrogens is 407 g/mol. The number of halogens is 4. The molecule has 1 aliphatic heterocycles. The molecule has 1 fully saturated rings. The average Bonchev–Trinajstić information content (AvgIpc) is 2.63. The second-order valence-electron chi connectivity index (χ2n) is 6.31. The number of rotatable bonds is 2. The maximum atomic E-state index is 14.1. The molecule has 7 heteroatoms. The van der Waals surface area contributed by atoms with E-state index in [9.17, 15) is 18.4 Å².